The minimum Gasteiger partial charge on any atom is -0.454 e. The minimum atomic E-state index is -0.340. The zero-order valence-electron chi connectivity index (χ0n) is 8.38. The van der Waals surface area contributed by atoms with Crippen molar-refractivity contribution < 1.29 is 18.9 Å². The van der Waals surface area contributed by atoms with E-state index in [9.17, 15) is 0 Å². The van der Waals surface area contributed by atoms with Gasteiger partial charge in [0.1, 0.15) is 12.0 Å². The second kappa shape index (κ2) is 2.75. The number of nitrogens with zero attached hydrogens (tertiary/aromatic N) is 1. The molecule has 0 radical (unpaired) electrons. The van der Waals surface area contributed by atoms with E-state index in [1.807, 2.05) is 23.2 Å². The van der Waals surface area contributed by atoms with Crippen LogP contribution in [0, 0.1) is 0 Å². The molecule has 0 saturated heterocycles. The molecule has 5 nitrogen and oxygen atoms in total. The zero-order chi connectivity index (χ0) is 10.5. The van der Waals surface area contributed by atoms with Crippen LogP contribution in [-0.4, -0.2) is 18.1 Å². The van der Waals surface area contributed by atoms with E-state index < -0.39 is 0 Å². The van der Waals surface area contributed by atoms with E-state index in [0.717, 1.165) is 29.4 Å². The molecule has 0 aliphatic carbocycles. The largest absolute Gasteiger partial charge is 0.454 e. The second-order valence-corrected chi connectivity index (χ2v) is 3.83. The molecular weight excluding hydrogens is 210 g/mol. The molecule has 1 unspecified atom stereocenters. The first kappa shape index (κ1) is 8.15. The van der Waals surface area contributed by atoms with Crippen LogP contribution in [0.3, 0.4) is 0 Å². The van der Waals surface area contributed by atoms with E-state index in [1.165, 1.54) is 0 Å². The van der Waals surface area contributed by atoms with Gasteiger partial charge >= 0.3 is 6.41 Å². The number of benzene rings is 1. The van der Waals surface area contributed by atoms with Gasteiger partial charge in [0.15, 0.2) is 11.5 Å². The summed E-state index contributed by atoms with van der Waals surface area (Å²) in [6.07, 6.45) is 3.17. The van der Waals surface area contributed by atoms with Crippen molar-refractivity contribution >= 4 is 0 Å². The van der Waals surface area contributed by atoms with Gasteiger partial charge in [-0.2, -0.15) is 0 Å². The van der Waals surface area contributed by atoms with E-state index in [-0.39, 0.29) is 13.2 Å². The van der Waals surface area contributed by atoms with Crippen LogP contribution in [0.25, 0.3) is 0 Å². The van der Waals surface area contributed by atoms with Crippen LogP contribution in [0.15, 0.2) is 24.6 Å². The van der Waals surface area contributed by atoms with Crippen LogP contribution in [0.2, 0.25) is 0 Å². The van der Waals surface area contributed by atoms with Crippen molar-refractivity contribution in [1.82, 2.24) is 4.90 Å². The number of hydrogen-bond acceptors (Lipinski definition) is 5. The third kappa shape index (κ3) is 0.997. The molecule has 1 atom stereocenters. The summed E-state index contributed by atoms with van der Waals surface area (Å²) in [7, 11) is 0. The molecule has 5 heteroatoms. The summed E-state index contributed by atoms with van der Waals surface area (Å²) in [5.41, 5.74) is 1.08. The van der Waals surface area contributed by atoms with E-state index in [2.05, 4.69) is 0 Å². The Morgan fingerprint density at radius 2 is 2.00 bits per heavy atom. The smallest absolute Gasteiger partial charge is 0.326 e. The molecule has 1 aromatic carbocycles. The van der Waals surface area contributed by atoms with Gasteiger partial charge in [-0.1, -0.05) is 0 Å². The minimum absolute atomic E-state index is 0.280. The molecule has 0 N–H and O–H groups in total. The van der Waals surface area contributed by atoms with Crippen LogP contribution >= 0.6 is 0 Å². The third-order valence-corrected chi connectivity index (χ3v) is 2.85. The Balaban J connectivity index is 1.78. The Hall–Kier alpha value is -2.04. The monoisotopic (exact) mass is 219 g/mol. The highest BCUT2D eigenvalue weighted by Gasteiger charge is 2.31. The Morgan fingerprint density at radius 1 is 1.12 bits per heavy atom. The summed E-state index contributed by atoms with van der Waals surface area (Å²) in [5, 5.41) is 0. The van der Waals surface area contributed by atoms with Crippen LogP contribution in [-0.2, 0) is 11.3 Å². The SMILES string of the molecule is C1=CN2Cc3cc4c(cc3OC2O1)OCO4. The Morgan fingerprint density at radius 3 is 2.94 bits per heavy atom. The molecule has 0 amide bonds. The first-order chi connectivity index (χ1) is 7.90. The van der Waals surface area contributed by atoms with Crippen LogP contribution in [0.1, 0.15) is 5.56 Å². The van der Waals surface area contributed by atoms with Gasteiger partial charge in [-0.05, 0) is 6.07 Å². The van der Waals surface area contributed by atoms with Crippen molar-refractivity contribution in [3.63, 3.8) is 0 Å². The summed E-state index contributed by atoms with van der Waals surface area (Å²) in [6.45, 7) is 1.04. The summed E-state index contributed by atoms with van der Waals surface area (Å²) in [4.78, 5) is 1.98. The molecule has 0 spiro atoms. The van der Waals surface area contributed by atoms with Gasteiger partial charge in [-0.3, -0.25) is 0 Å². The summed E-state index contributed by atoms with van der Waals surface area (Å²) >= 11 is 0. The summed E-state index contributed by atoms with van der Waals surface area (Å²) in [6, 6.07) is 3.82. The topological polar surface area (TPSA) is 40.2 Å². The fourth-order valence-corrected chi connectivity index (χ4v) is 2.06. The molecule has 1 aromatic rings. The molecular formula is C11H9NO4. The van der Waals surface area contributed by atoms with Crippen molar-refractivity contribution in [3.05, 3.63) is 30.2 Å². The van der Waals surface area contributed by atoms with Crippen LogP contribution < -0.4 is 14.2 Å². The van der Waals surface area contributed by atoms with E-state index in [1.54, 1.807) is 6.26 Å². The highest BCUT2D eigenvalue weighted by molar-refractivity contribution is 5.52. The molecule has 0 bridgehead atoms. The van der Waals surface area contributed by atoms with E-state index in [0.29, 0.717) is 0 Å². The number of rotatable bonds is 0. The Bertz CT molecular complexity index is 485. The van der Waals surface area contributed by atoms with Crippen LogP contribution in [0.5, 0.6) is 17.2 Å². The highest BCUT2D eigenvalue weighted by atomic mass is 16.7. The lowest BCUT2D eigenvalue weighted by molar-refractivity contribution is -0.113. The quantitative estimate of drug-likeness (QED) is 0.659. The Labute approximate surface area is 91.8 Å². The first-order valence-electron chi connectivity index (χ1n) is 5.07. The third-order valence-electron chi connectivity index (χ3n) is 2.85. The lowest BCUT2D eigenvalue weighted by Gasteiger charge is -2.30. The molecule has 0 aromatic heterocycles. The van der Waals surface area contributed by atoms with Crippen molar-refractivity contribution in [2.75, 3.05) is 6.79 Å². The van der Waals surface area contributed by atoms with Crippen molar-refractivity contribution in [2.24, 2.45) is 0 Å². The molecule has 3 heterocycles. The normalized spacial score (nSPS) is 23.5. The van der Waals surface area contributed by atoms with Gasteiger partial charge in [0, 0.05) is 17.8 Å². The summed E-state index contributed by atoms with van der Waals surface area (Å²) < 4.78 is 21.6. The average Bonchev–Trinajstić information content (AvgIpc) is 2.89. The molecule has 0 saturated carbocycles. The molecule has 16 heavy (non-hydrogen) atoms. The predicted octanol–water partition coefficient (Wildman–Crippen LogP) is 1.39. The van der Waals surface area contributed by atoms with Crippen molar-refractivity contribution in [3.8, 4) is 17.2 Å². The molecule has 4 rings (SSSR count). The second-order valence-electron chi connectivity index (χ2n) is 3.83. The van der Waals surface area contributed by atoms with E-state index >= 15 is 0 Å². The standard InChI is InChI=1S/C11H9NO4/c1-2-13-11-12(1)5-7-3-9-10(15-6-14-9)4-8(7)16-11/h1-4,11H,5-6H2. The lowest BCUT2D eigenvalue weighted by Crippen LogP contribution is -2.36. The molecule has 3 aliphatic heterocycles. The number of ether oxygens (including phenoxy) is 4. The van der Waals surface area contributed by atoms with Crippen molar-refractivity contribution in [2.45, 2.75) is 13.0 Å². The first-order valence-corrected chi connectivity index (χ1v) is 5.07. The highest BCUT2D eigenvalue weighted by Crippen LogP contribution is 2.41. The maximum absolute atomic E-state index is 5.69. The lowest BCUT2D eigenvalue weighted by atomic mass is 10.1. The molecule has 82 valence electrons. The summed E-state index contributed by atoms with van der Waals surface area (Å²) in [5.74, 6) is 2.32. The number of hydrogen-bond donors (Lipinski definition) is 0. The van der Waals surface area contributed by atoms with Crippen LogP contribution in [0.4, 0.5) is 0 Å². The number of fused-ring (bicyclic) bond motifs is 3. The Kier molecular flexibility index (Phi) is 1.40. The molecule has 3 aliphatic rings. The van der Waals surface area contributed by atoms with Gasteiger partial charge in [0.2, 0.25) is 6.79 Å². The van der Waals surface area contributed by atoms with Crippen molar-refractivity contribution in [1.29, 1.82) is 0 Å². The maximum atomic E-state index is 5.69. The maximum Gasteiger partial charge on any atom is 0.326 e. The van der Waals surface area contributed by atoms with E-state index in [4.69, 9.17) is 18.9 Å². The van der Waals surface area contributed by atoms with Gasteiger partial charge in [-0.15, -0.1) is 0 Å². The van der Waals surface area contributed by atoms with Gasteiger partial charge in [0.25, 0.3) is 0 Å². The average molecular weight is 219 g/mol. The molecule has 0 fully saturated rings. The fraction of sp³-hybridized carbons (Fsp3) is 0.273. The van der Waals surface area contributed by atoms with Gasteiger partial charge in [-0.25, -0.2) is 0 Å². The van der Waals surface area contributed by atoms with Gasteiger partial charge < -0.3 is 23.8 Å². The van der Waals surface area contributed by atoms with Gasteiger partial charge in [0.05, 0.1) is 6.54 Å². The fourth-order valence-electron chi connectivity index (χ4n) is 2.06. The zero-order valence-corrected chi connectivity index (χ0v) is 8.38. The predicted molar refractivity (Wildman–Crippen MR) is 52.7 cm³/mol.